The Morgan fingerprint density at radius 2 is 2.00 bits per heavy atom. The van der Waals surface area contributed by atoms with Crippen molar-refractivity contribution in [3.63, 3.8) is 0 Å². The van der Waals surface area contributed by atoms with Gasteiger partial charge in [-0.1, -0.05) is 30.3 Å². The molecule has 2 rings (SSSR count). The molecule has 1 aliphatic rings. The van der Waals surface area contributed by atoms with Crippen LogP contribution in [0.3, 0.4) is 0 Å². The van der Waals surface area contributed by atoms with E-state index >= 15 is 0 Å². The Balaban J connectivity index is 1.77. The summed E-state index contributed by atoms with van der Waals surface area (Å²) in [6.45, 7) is 0.720. The number of nitrogens with one attached hydrogen (secondary N) is 1. The standard InChI is InChI=1S/C16H25N3O/c1-19(2)15(13-8-9-13)11-18-16(20)10-14(17)12-6-4-3-5-7-12/h3-7,13-15H,8-11,17H2,1-2H3,(H,18,20). The zero-order valence-corrected chi connectivity index (χ0v) is 12.4. The van der Waals surface area contributed by atoms with E-state index in [9.17, 15) is 4.79 Å². The summed E-state index contributed by atoms with van der Waals surface area (Å²) in [4.78, 5) is 14.2. The van der Waals surface area contributed by atoms with Crippen molar-refractivity contribution in [2.24, 2.45) is 11.7 Å². The van der Waals surface area contributed by atoms with Crippen LogP contribution in [-0.2, 0) is 4.79 Å². The molecule has 0 radical (unpaired) electrons. The number of rotatable bonds is 7. The van der Waals surface area contributed by atoms with Gasteiger partial charge in [0.05, 0.1) is 0 Å². The van der Waals surface area contributed by atoms with Crippen LogP contribution in [0.15, 0.2) is 30.3 Å². The number of hydrogen-bond donors (Lipinski definition) is 2. The molecular formula is C16H25N3O. The van der Waals surface area contributed by atoms with Crippen molar-refractivity contribution in [2.45, 2.75) is 31.3 Å². The lowest BCUT2D eigenvalue weighted by atomic mass is 10.0. The molecule has 2 atom stereocenters. The number of amides is 1. The Kier molecular flexibility index (Phi) is 5.15. The first-order chi connectivity index (χ1) is 9.58. The average Bonchev–Trinajstić information content (AvgIpc) is 3.24. The van der Waals surface area contributed by atoms with Gasteiger partial charge in [-0.05, 0) is 38.4 Å². The van der Waals surface area contributed by atoms with Crippen LogP contribution < -0.4 is 11.1 Å². The van der Waals surface area contributed by atoms with Crippen molar-refractivity contribution >= 4 is 5.91 Å². The van der Waals surface area contributed by atoms with Crippen molar-refractivity contribution in [1.82, 2.24) is 10.2 Å². The number of carbonyl (C=O) groups excluding carboxylic acids is 1. The van der Waals surface area contributed by atoms with Gasteiger partial charge in [0.1, 0.15) is 0 Å². The molecule has 1 aromatic carbocycles. The molecule has 0 heterocycles. The molecule has 1 aliphatic carbocycles. The van der Waals surface area contributed by atoms with Gasteiger partial charge in [0.15, 0.2) is 0 Å². The summed E-state index contributed by atoms with van der Waals surface area (Å²) in [6.07, 6.45) is 2.90. The number of carbonyl (C=O) groups is 1. The van der Waals surface area contributed by atoms with E-state index in [0.717, 1.165) is 18.0 Å². The minimum atomic E-state index is -0.227. The van der Waals surface area contributed by atoms with Gasteiger partial charge in [-0.25, -0.2) is 0 Å². The number of benzene rings is 1. The molecule has 0 spiro atoms. The first kappa shape index (κ1) is 15.0. The van der Waals surface area contributed by atoms with Crippen molar-refractivity contribution < 1.29 is 4.79 Å². The molecular weight excluding hydrogens is 250 g/mol. The molecule has 4 nitrogen and oxygen atoms in total. The highest BCUT2D eigenvalue weighted by atomic mass is 16.1. The molecule has 0 aromatic heterocycles. The van der Waals surface area contributed by atoms with E-state index in [2.05, 4.69) is 24.3 Å². The molecule has 3 N–H and O–H groups in total. The molecule has 1 saturated carbocycles. The SMILES string of the molecule is CN(C)C(CNC(=O)CC(N)c1ccccc1)C1CC1. The molecule has 0 bridgehead atoms. The summed E-state index contributed by atoms with van der Waals surface area (Å²) in [5.41, 5.74) is 7.07. The molecule has 0 aliphatic heterocycles. The fourth-order valence-electron chi connectivity index (χ4n) is 2.56. The van der Waals surface area contributed by atoms with E-state index in [1.165, 1.54) is 12.8 Å². The molecule has 2 unspecified atom stereocenters. The predicted molar refractivity (Wildman–Crippen MR) is 81.2 cm³/mol. The van der Waals surface area contributed by atoms with Crippen LogP contribution in [-0.4, -0.2) is 37.5 Å². The second-order valence-electron chi connectivity index (χ2n) is 5.89. The topological polar surface area (TPSA) is 58.4 Å². The van der Waals surface area contributed by atoms with Crippen LogP contribution in [0.2, 0.25) is 0 Å². The zero-order chi connectivity index (χ0) is 14.5. The fraction of sp³-hybridized carbons (Fsp3) is 0.562. The number of nitrogens with two attached hydrogens (primary N) is 1. The third-order valence-corrected chi connectivity index (χ3v) is 3.97. The smallest absolute Gasteiger partial charge is 0.221 e. The lowest BCUT2D eigenvalue weighted by molar-refractivity contribution is -0.121. The summed E-state index contributed by atoms with van der Waals surface area (Å²) in [5.74, 6) is 0.780. The molecule has 20 heavy (non-hydrogen) atoms. The minimum absolute atomic E-state index is 0.0360. The van der Waals surface area contributed by atoms with Crippen LogP contribution in [0, 0.1) is 5.92 Å². The largest absolute Gasteiger partial charge is 0.354 e. The van der Waals surface area contributed by atoms with E-state index in [4.69, 9.17) is 5.73 Å². The van der Waals surface area contributed by atoms with Crippen molar-refractivity contribution in [3.8, 4) is 0 Å². The Labute approximate surface area is 121 Å². The normalized spacial score (nSPS) is 17.8. The molecule has 1 fully saturated rings. The Bertz CT molecular complexity index is 427. The highest BCUT2D eigenvalue weighted by molar-refractivity contribution is 5.76. The first-order valence-corrected chi connectivity index (χ1v) is 7.31. The number of hydrogen-bond acceptors (Lipinski definition) is 3. The van der Waals surface area contributed by atoms with Crippen LogP contribution in [0.1, 0.15) is 30.9 Å². The first-order valence-electron chi connectivity index (χ1n) is 7.31. The monoisotopic (exact) mass is 275 g/mol. The Morgan fingerprint density at radius 1 is 1.35 bits per heavy atom. The maximum absolute atomic E-state index is 12.0. The van der Waals surface area contributed by atoms with Gasteiger partial charge >= 0.3 is 0 Å². The Hall–Kier alpha value is -1.39. The number of likely N-dealkylation sites (N-methyl/N-ethyl adjacent to an activating group) is 1. The van der Waals surface area contributed by atoms with E-state index in [0.29, 0.717) is 12.5 Å². The maximum atomic E-state index is 12.0. The van der Waals surface area contributed by atoms with Crippen LogP contribution in [0.25, 0.3) is 0 Å². The van der Waals surface area contributed by atoms with E-state index < -0.39 is 0 Å². The van der Waals surface area contributed by atoms with Gasteiger partial charge in [0, 0.05) is 25.0 Å². The third-order valence-electron chi connectivity index (χ3n) is 3.97. The van der Waals surface area contributed by atoms with Gasteiger partial charge in [-0.3, -0.25) is 4.79 Å². The minimum Gasteiger partial charge on any atom is -0.354 e. The second-order valence-corrected chi connectivity index (χ2v) is 5.89. The summed E-state index contributed by atoms with van der Waals surface area (Å²) in [6, 6.07) is 10.00. The molecule has 1 aromatic rings. The van der Waals surface area contributed by atoms with Gasteiger partial charge in [0.2, 0.25) is 5.91 Å². The highest BCUT2D eigenvalue weighted by Gasteiger charge is 2.32. The van der Waals surface area contributed by atoms with Crippen LogP contribution in [0.4, 0.5) is 0 Å². The fourth-order valence-corrected chi connectivity index (χ4v) is 2.56. The Morgan fingerprint density at radius 3 is 2.55 bits per heavy atom. The quantitative estimate of drug-likeness (QED) is 0.793. The van der Waals surface area contributed by atoms with Crippen molar-refractivity contribution in [1.29, 1.82) is 0 Å². The van der Waals surface area contributed by atoms with Gasteiger partial charge in [-0.15, -0.1) is 0 Å². The number of nitrogens with zero attached hydrogens (tertiary/aromatic N) is 1. The summed E-state index contributed by atoms with van der Waals surface area (Å²) >= 11 is 0. The van der Waals surface area contributed by atoms with Gasteiger partial charge in [-0.2, -0.15) is 0 Å². The highest BCUT2D eigenvalue weighted by Crippen LogP contribution is 2.34. The average molecular weight is 275 g/mol. The van der Waals surface area contributed by atoms with Crippen molar-refractivity contribution in [3.05, 3.63) is 35.9 Å². The predicted octanol–water partition coefficient (Wildman–Crippen LogP) is 1.53. The van der Waals surface area contributed by atoms with Crippen LogP contribution in [0.5, 0.6) is 0 Å². The van der Waals surface area contributed by atoms with E-state index in [-0.39, 0.29) is 11.9 Å². The molecule has 110 valence electrons. The molecule has 4 heteroatoms. The lowest BCUT2D eigenvalue weighted by Crippen LogP contribution is -2.42. The van der Waals surface area contributed by atoms with E-state index in [1.807, 2.05) is 30.3 Å². The molecule has 0 saturated heterocycles. The second kappa shape index (κ2) is 6.86. The van der Waals surface area contributed by atoms with Crippen LogP contribution >= 0.6 is 0 Å². The molecule has 1 amide bonds. The van der Waals surface area contributed by atoms with Gasteiger partial charge in [0.25, 0.3) is 0 Å². The van der Waals surface area contributed by atoms with E-state index in [1.54, 1.807) is 0 Å². The van der Waals surface area contributed by atoms with Gasteiger partial charge < -0.3 is 16.0 Å². The summed E-state index contributed by atoms with van der Waals surface area (Å²) in [5, 5.41) is 3.03. The lowest BCUT2D eigenvalue weighted by Gasteiger charge is -2.24. The van der Waals surface area contributed by atoms with Crippen molar-refractivity contribution in [2.75, 3.05) is 20.6 Å². The summed E-state index contributed by atoms with van der Waals surface area (Å²) in [7, 11) is 4.15. The zero-order valence-electron chi connectivity index (χ0n) is 12.4. The summed E-state index contributed by atoms with van der Waals surface area (Å²) < 4.78 is 0. The maximum Gasteiger partial charge on any atom is 0.221 e. The third kappa shape index (κ3) is 4.32.